The van der Waals surface area contributed by atoms with Gasteiger partial charge >= 0.3 is 0 Å². The molecule has 8 heteroatoms. The number of thiazole rings is 1. The van der Waals surface area contributed by atoms with Crippen LogP contribution in [0, 0.1) is 20.8 Å². The molecular formula is C15H18N4O3S. The minimum Gasteiger partial charge on any atom is -0.377 e. The van der Waals surface area contributed by atoms with Crippen molar-refractivity contribution in [2.45, 2.75) is 32.9 Å². The largest absolute Gasteiger partial charge is 0.377 e. The van der Waals surface area contributed by atoms with Gasteiger partial charge in [0.05, 0.1) is 35.7 Å². The molecule has 0 saturated carbocycles. The van der Waals surface area contributed by atoms with Crippen molar-refractivity contribution in [1.82, 2.24) is 20.1 Å². The molecule has 2 atom stereocenters. The van der Waals surface area contributed by atoms with Crippen molar-refractivity contribution in [3.8, 4) is 0 Å². The molecule has 0 radical (unpaired) electrons. The molecular weight excluding hydrogens is 316 g/mol. The van der Waals surface area contributed by atoms with Crippen LogP contribution >= 0.6 is 11.3 Å². The zero-order valence-corrected chi connectivity index (χ0v) is 14.0. The summed E-state index contributed by atoms with van der Waals surface area (Å²) in [5, 5.41) is 8.07. The Balaban J connectivity index is 1.82. The van der Waals surface area contributed by atoms with Crippen LogP contribution in [0.2, 0.25) is 0 Å². The van der Waals surface area contributed by atoms with Gasteiger partial charge in [-0.05, 0) is 26.8 Å². The maximum absolute atomic E-state index is 12.5. The van der Waals surface area contributed by atoms with Crippen molar-refractivity contribution < 1.29 is 9.53 Å². The average molecular weight is 334 g/mol. The number of carbonyl (C=O) groups excluding carboxylic acids is 1. The third kappa shape index (κ3) is 3.18. The van der Waals surface area contributed by atoms with Crippen LogP contribution < -0.4 is 10.9 Å². The summed E-state index contributed by atoms with van der Waals surface area (Å²) in [7, 11) is 0. The van der Waals surface area contributed by atoms with Crippen molar-refractivity contribution in [3.63, 3.8) is 0 Å². The quantitative estimate of drug-likeness (QED) is 0.905. The second-order valence-corrected chi connectivity index (χ2v) is 6.79. The number of hydrogen-bond acceptors (Lipinski definition) is 6. The number of hydrogen-bond donors (Lipinski definition) is 1. The molecule has 0 aliphatic carbocycles. The van der Waals surface area contributed by atoms with Crippen LogP contribution in [0.1, 0.15) is 32.1 Å². The Morgan fingerprint density at radius 1 is 1.35 bits per heavy atom. The Morgan fingerprint density at radius 3 is 2.83 bits per heavy atom. The van der Waals surface area contributed by atoms with Crippen LogP contribution in [-0.2, 0) is 4.74 Å². The highest BCUT2D eigenvalue weighted by Gasteiger charge is 2.33. The predicted molar refractivity (Wildman–Crippen MR) is 85.9 cm³/mol. The van der Waals surface area contributed by atoms with Gasteiger partial charge in [0.1, 0.15) is 10.9 Å². The molecule has 1 N–H and O–H groups in total. The summed E-state index contributed by atoms with van der Waals surface area (Å²) in [6, 6.07) is 2.55. The van der Waals surface area contributed by atoms with E-state index in [0.717, 1.165) is 10.7 Å². The van der Waals surface area contributed by atoms with E-state index in [1.807, 2.05) is 20.8 Å². The van der Waals surface area contributed by atoms with Gasteiger partial charge in [-0.1, -0.05) is 0 Å². The topological polar surface area (TPSA) is 86.1 Å². The van der Waals surface area contributed by atoms with E-state index in [1.54, 1.807) is 6.07 Å². The molecule has 2 unspecified atom stereocenters. The molecule has 122 valence electrons. The van der Waals surface area contributed by atoms with E-state index < -0.39 is 0 Å². The monoisotopic (exact) mass is 334 g/mol. The Labute approximate surface area is 137 Å². The SMILES string of the molecule is Cc1ccc(=O)n(C2COCC2NC(=O)c2sc(C)nc2C)n1. The third-order valence-electron chi connectivity index (χ3n) is 3.75. The van der Waals surface area contributed by atoms with Gasteiger partial charge < -0.3 is 10.1 Å². The van der Waals surface area contributed by atoms with Gasteiger partial charge in [-0.25, -0.2) is 9.67 Å². The van der Waals surface area contributed by atoms with E-state index in [1.165, 1.54) is 22.1 Å². The number of rotatable bonds is 3. The fourth-order valence-corrected chi connectivity index (χ4v) is 3.48. The molecule has 1 aliphatic heterocycles. The van der Waals surface area contributed by atoms with Crippen LogP contribution in [0.3, 0.4) is 0 Å². The predicted octanol–water partition coefficient (Wildman–Crippen LogP) is 0.995. The molecule has 1 fully saturated rings. The normalized spacial score (nSPS) is 20.7. The van der Waals surface area contributed by atoms with Gasteiger partial charge in [0, 0.05) is 6.07 Å². The van der Waals surface area contributed by atoms with E-state index in [9.17, 15) is 9.59 Å². The van der Waals surface area contributed by atoms with E-state index in [-0.39, 0.29) is 23.6 Å². The van der Waals surface area contributed by atoms with Crippen molar-refractivity contribution in [1.29, 1.82) is 0 Å². The van der Waals surface area contributed by atoms with Crippen molar-refractivity contribution in [3.05, 3.63) is 43.8 Å². The van der Waals surface area contributed by atoms with E-state index in [0.29, 0.717) is 23.8 Å². The Bertz CT molecular complexity index is 798. The molecule has 1 aliphatic rings. The van der Waals surface area contributed by atoms with Gasteiger partial charge in [-0.3, -0.25) is 9.59 Å². The third-order valence-corrected chi connectivity index (χ3v) is 4.82. The Kier molecular flexibility index (Phi) is 4.27. The van der Waals surface area contributed by atoms with E-state index in [4.69, 9.17) is 4.74 Å². The first kappa shape index (κ1) is 15.8. The summed E-state index contributed by atoms with van der Waals surface area (Å²) in [5.41, 5.74) is 1.26. The molecule has 2 aromatic heterocycles. The highest BCUT2D eigenvalue weighted by Crippen LogP contribution is 2.21. The molecule has 3 rings (SSSR count). The first-order valence-electron chi connectivity index (χ1n) is 7.35. The second kappa shape index (κ2) is 6.21. The fourth-order valence-electron chi connectivity index (χ4n) is 2.66. The second-order valence-electron chi connectivity index (χ2n) is 5.59. The lowest BCUT2D eigenvalue weighted by molar-refractivity contribution is 0.0928. The molecule has 7 nitrogen and oxygen atoms in total. The van der Waals surface area contributed by atoms with Gasteiger partial charge in [0.25, 0.3) is 11.5 Å². The smallest absolute Gasteiger partial charge is 0.267 e. The number of amides is 1. The highest BCUT2D eigenvalue weighted by molar-refractivity contribution is 7.13. The van der Waals surface area contributed by atoms with Crippen LogP contribution in [-0.4, -0.2) is 39.9 Å². The summed E-state index contributed by atoms with van der Waals surface area (Å²) in [6.45, 7) is 6.21. The number of ether oxygens (including phenoxy) is 1. The van der Waals surface area contributed by atoms with Gasteiger partial charge in [-0.2, -0.15) is 5.10 Å². The van der Waals surface area contributed by atoms with Gasteiger partial charge in [-0.15, -0.1) is 11.3 Å². The summed E-state index contributed by atoms with van der Waals surface area (Å²) < 4.78 is 6.87. The van der Waals surface area contributed by atoms with Crippen LogP contribution in [0.25, 0.3) is 0 Å². The summed E-state index contributed by atoms with van der Waals surface area (Å²) >= 11 is 1.36. The van der Waals surface area contributed by atoms with Gasteiger partial charge in [0.15, 0.2) is 0 Å². The maximum atomic E-state index is 12.5. The molecule has 0 bridgehead atoms. The lowest BCUT2D eigenvalue weighted by Crippen LogP contribution is -2.44. The van der Waals surface area contributed by atoms with Crippen molar-refractivity contribution in [2.75, 3.05) is 13.2 Å². The molecule has 3 heterocycles. The standard InChI is InChI=1S/C15H18N4O3S/c1-8-4-5-13(20)19(18-8)12-7-22-6-11(12)17-15(21)14-9(2)16-10(3)23-14/h4-5,11-12H,6-7H2,1-3H3,(H,17,21). The van der Waals surface area contributed by atoms with Crippen molar-refractivity contribution >= 4 is 17.2 Å². The average Bonchev–Trinajstić information content (AvgIpc) is 3.08. The summed E-state index contributed by atoms with van der Waals surface area (Å²) in [5.74, 6) is -0.186. The highest BCUT2D eigenvalue weighted by atomic mass is 32.1. The van der Waals surface area contributed by atoms with Gasteiger partial charge in [0.2, 0.25) is 0 Å². The summed E-state index contributed by atoms with van der Waals surface area (Å²) in [6.07, 6.45) is 0. The molecule has 2 aromatic rings. The number of nitrogens with one attached hydrogen (secondary N) is 1. The first-order chi connectivity index (χ1) is 11.0. The minimum atomic E-state index is -0.305. The summed E-state index contributed by atoms with van der Waals surface area (Å²) in [4.78, 5) is 29.4. The molecule has 1 amide bonds. The Hall–Kier alpha value is -2.06. The molecule has 1 saturated heterocycles. The van der Waals surface area contributed by atoms with E-state index in [2.05, 4.69) is 15.4 Å². The Morgan fingerprint density at radius 2 is 2.13 bits per heavy atom. The molecule has 0 spiro atoms. The molecule has 23 heavy (non-hydrogen) atoms. The van der Waals surface area contributed by atoms with Crippen LogP contribution in [0.15, 0.2) is 16.9 Å². The number of nitrogens with zero attached hydrogens (tertiary/aromatic N) is 3. The number of carbonyl (C=O) groups is 1. The number of aromatic nitrogens is 3. The van der Waals surface area contributed by atoms with E-state index >= 15 is 0 Å². The lowest BCUT2D eigenvalue weighted by atomic mass is 10.1. The number of aryl methyl sites for hydroxylation is 3. The molecule has 0 aromatic carbocycles. The maximum Gasteiger partial charge on any atom is 0.267 e. The zero-order valence-electron chi connectivity index (χ0n) is 13.2. The fraction of sp³-hybridized carbons (Fsp3) is 0.467. The van der Waals surface area contributed by atoms with Crippen LogP contribution in [0.4, 0.5) is 0 Å². The zero-order chi connectivity index (χ0) is 16.6. The lowest BCUT2D eigenvalue weighted by Gasteiger charge is -2.20. The minimum absolute atomic E-state index is 0.186. The van der Waals surface area contributed by atoms with Crippen LogP contribution in [0.5, 0.6) is 0 Å². The van der Waals surface area contributed by atoms with Crippen molar-refractivity contribution in [2.24, 2.45) is 0 Å². The first-order valence-corrected chi connectivity index (χ1v) is 8.16.